The van der Waals surface area contributed by atoms with Crippen molar-refractivity contribution in [3.8, 4) is 11.3 Å². The SMILES string of the molecule is CCOC(=O)c1sc(NC(=O)c2c(-c3ccccc3)noc2C)c(C(=O)OCC)c1C. The Morgan fingerprint density at radius 2 is 1.65 bits per heavy atom. The quantitative estimate of drug-likeness (QED) is 0.532. The lowest BCUT2D eigenvalue weighted by Gasteiger charge is -2.07. The summed E-state index contributed by atoms with van der Waals surface area (Å²) in [6, 6.07) is 9.13. The van der Waals surface area contributed by atoms with Crippen LogP contribution in [0.3, 0.4) is 0 Å². The molecular weight excluding hydrogens is 420 g/mol. The molecule has 0 unspecified atom stereocenters. The van der Waals surface area contributed by atoms with Crippen LogP contribution in [0.25, 0.3) is 11.3 Å². The minimum absolute atomic E-state index is 0.124. The number of anilines is 1. The van der Waals surface area contributed by atoms with E-state index in [1.165, 1.54) is 0 Å². The molecule has 3 aromatic rings. The predicted molar refractivity (Wildman–Crippen MR) is 116 cm³/mol. The van der Waals surface area contributed by atoms with Gasteiger partial charge in [-0.25, -0.2) is 9.59 Å². The second kappa shape index (κ2) is 9.57. The number of esters is 2. The molecule has 3 rings (SSSR count). The van der Waals surface area contributed by atoms with E-state index in [1.807, 2.05) is 30.3 Å². The average molecular weight is 442 g/mol. The molecule has 9 heteroatoms. The third-order valence-corrected chi connectivity index (χ3v) is 5.64. The minimum atomic E-state index is -0.632. The molecule has 2 heterocycles. The maximum absolute atomic E-state index is 13.2. The topological polar surface area (TPSA) is 108 Å². The first-order valence-corrected chi connectivity index (χ1v) is 10.5. The minimum Gasteiger partial charge on any atom is -0.462 e. The molecule has 162 valence electrons. The van der Waals surface area contributed by atoms with Crippen molar-refractivity contribution < 1.29 is 28.4 Å². The van der Waals surface area contributed by atoms with Gasteiger partial charge in [-0.3, -0.25) is 4.79 Å². The summed E-state index contributed by atoms with van der Waals surface area (Å²) >= 11 is 0.963. The average Bonchev–Trinajstić information content (AvgIpc) is 3.29. The lowest BCUT2D eigenvalue weighted by Crippen LogP contribution is -2.16. The summed E-state index contributed by atoms with van der Waals surface area (Å²) in [4.78, 5) is 38.3. The number of rotatable bonds is 7. The van der Waals surface area contributed by atoms with Crippen molar-refractivity contribution in [2.24, 2.45) is 0 Å². The first kappa shape index (κ1) is 22.2. The third kappa shape index (κ3) is 4.51. The van der Waals surface area contributed by atoms with Gasteiger partial charge in [0.15, 0.2) is 0 Å². The van der Waals surface area contributed by atoms with Gasteiger partial charge in [0.05, 0.1) is 18.8 Å². The molecule has 1 aromatic carbocycles. The van der Waals surface area contributed by atoms with Crippen molar-refractivity contribution in [1.82, 2.24) is 5.16 Å². The van der Waals surface area contributed by atoms with Crippen molar-refractivity contribution >= 4 is 34.2 Å². The van der Waals surface area contributed by atoms with Gasteiger partial charge >= 0.3 is 11.9 Å². The molecule has 0 bridgehead atoms. The molecule has 0 aliphatic carbocycles. The van der Waals surface area contributed by atoms with E-state index in [2.05, 4.69) is 10.5 Å². The van der Waals surface area contributed by atoms with Gasteiger partial charge in [-0.05, 0) is 33.3 Å². The van der Waals surface area contributed by atoms with E-state index in [4.69, 9.17) is 14.0 Å². The van der Waals surface area contributed by atoms with Crippen LogP contribution in [0.15, 0.2) is 34.9 Å². The van der Waals surface area contributed by atoms with E-state index >= 15 is 0 Å². The summed E-state index contributed by atoms with van der Waals surface area (Å²) in [5.41, 5.74) is 1.85. The number of benzene rings is 1. The summed E-state index contributed by atoms with van der Waals surface area (Å²) in [5, 5.41) is 6.94. The zero-order chi connectivity index (χ0) is 22.5. The van der Waals surface area contributed by atoms with Crippen LogP contribution in [0.2, 0.25) is 0 Å². The Bertz CT molecular complexity index is 1120. The lowest BCUT2D eigenvalue weighted by atomic mass is 10.1. The molecule has 0 radical (unpaired) electrons. The summed E-state index contributed by atoms with van der Waals surface area (Å²) in [6.45, 7) is 6.95. The Balaban J connectivity index is 2.02. The van der Waals surface area contributed by atoms with Crippen LogP contribution in [0.1, 0.15) is 55.6 Å². The van der Waals surface area contributed by atoms with Gasteiger partial charge in [-0.1, -0.05) is 35.5 Å². The molecule has 0 spiro atoms. The number of hydrogen-bond donors (Lipinski definition) is 1. The van der Waals surface area contributed by atoms with Crippen LogP contribution >= 0.6 is 11.3 Å². The van der Waals surface area contributed by atoms with E-state index in [9.17, 15) is 14.4 Å². The Kier molecular flexibility index (Phi) is 6.86. The fourth-order valence-electron chi connectivity index (χ4n) is 3.04. The van der Waals surface area contributed by atoms with Gasteiger partial charge in [-0.15, -0.1) is 11.3 Å². The molecule has 0 saturated carbocycles. The monoisotopic (exact) mass is 442 g/mol. The molecular formula is C22H22N2O6S. The maximum Gasteiger partial charge on any atom is 0.348 e. The van der Waals surface area contributed by atoms with Gasteiger partial charge in [0.2, 0.25) is 0 Å². The number of nitrogens with one attached hydrogen (secondary N) is 1. The van der Waals surface area contributed by atoms with Crippen LogP contribution in [-0.4, -0.2) is 36.2 Å². The Labute approximate surface area is 183 Å². The highest BCUT2D eigenvalue weighted by Gasteiger charge is 2.29. The molecule has 0 saturated heterocycles. The number of aryl methyl sites for hydroxylation is 1. The smallest absolute Gasteiger partial charge is 0.348 e. The number of amides is 1. The maximum atomic E-state index is 13.2. The Hall–Kier alpha value is -3.46. The van der Waals surface area contributed by atoms with Crippen LogP contribution in [0.5, 0.6) is 0 Å². The lowest BCUT2D eigenvalue weighted by molar-refractivity contribution is 0.0527. The van der Waals surface area contributed by atoms with Crippen molar-refractivity contribution in [2.75, 3.05) is 18.5 Å². The van der Waals surface area contributed by atoms with Crippen LogP contribution in [0, 0.1) is 13.8 Å². The van der Waals surface area contributed by atoms with Gasteiger partial charge in [0.1, 0.15) is 26.9 Å². The summed E-state index contributed by atoms with van der Waals surface area (Å²) in [5.74, 6) is -1.39. The molecule has 8 nitrogen and oxygen atoms in total. The van der Waals surface area contributed by atoms with E-state index in [0.29, 0.717) is 22.6 Å². The molecule has 0 atom stereocenters. The fourth-order valence-corrected chi connectivity index (χ4v) is 4.12. The molecule has 0 aliphatic heterocycles. The summed E-state index contributed by atoms with van der Waals surface area (Å²) in [6.07, 6.45) is 0. The third-order valence-electron chi connectivity index (χ3n) is 4.45. The van der Waals surface area contributed by atoms with Gasteiger partial charge in [-0.2, -0.15) is 0 Å². The van der Waals surface area contributed by atoms with Crippen LogP contribution < -0.4 is 5.32 Å². The van der Waals surface area contributed by atoms with Gasteiger partial charge in [0, 0.05) is 5.56 Å². The highest BCUT2D eigenvalue weighted by Crippen LogP contribution is 2.35. The number of ether oxygens (including phenoxy) is 2. The van der Waals surface area contributed by atoms with Crippen molar-refractivity contribution in [3.63, 3.8) is 0 Å². The number of thiophene rings is 1. The number of carbonyl (C=O) groups excluding carboxylic acids is 3. The normalized spacial score (nSPS) is 10.6. The molecule has 1 amide bonds. The molecule has 1 N–H and O–H groups in total. The van der Waals surface area contributed by atoms with E-state index in [-0.39, 0.29) is 34.2 Å². The zero-order valence-electron chi connectivity index (χ0n) is 17.6. The standard InChI is InChI=1S/C22H22N2O6S/c1-5-28-21(26)15-12(3)18(22(27)29-6-2)31-20(15)23-19(25)16-13(4)30-24-17(16)14-10-8-7-9-11-14/h7-11H,5-6H2,1-4H3,(H,23,25). The van der Waals surface area contributed by atoms with Crippen LogP contribution in [0.4, 0.5) is 5.00 Å². The fraction of sp³-hybridized carbons (Fsp3) is 0.273. The largest absolute Gasteiger partial charge is 0.462 e. The highest BCUT2D eigenvalue weighted by atomic mass is 32.1. The summed E-state index contributed by atoms with van der Waals surface area (Å²) < 4.78 is 15.4. The van der Waals surface area contributed by atoms with Crippen molar-refractivity contribution in [1.29, 1.82) is 0 Å². The van der Waals surface area contributed by atoms with E-state index in [0.717, 1.165) is 11.3 Å². The zero-order valence-corrected chi connectivity index (χ0v) is 18.4. The second-order valence-corrected chi connectivity index (χ2v) is 7.50. The number of nitrogens with zero attached hydrogens (tertiary/aromatic N) is 1. The number of carbonyl (C=O) groups is 3. The molecule has 0 aliphatic rings. The molecule has 0 fully saturated rings. The molecule has 2 aromatic heterocycles. The van der Waals surface area contributed by atoms with Gasteiger partial charge in [0.25, 0.3) is 5.91 Å². The number of hydrogen-bond acceptors (Lipinski definition) is 8. The van der Waals surface area contributed by atoms with Crippen molar-refractivity contribution in [2.45, 2.75) is 27.7 Å². The first-order chi connectivity index (χ1) is 14.9. The van der Waals surface area contributed by atoms with Crippen LogP contribution in [-0.2, 0) is 9.47 Å². The molecule has 31 heavy (non-hydrogen) atoms. The Morgan fingerprint density at radius 1 is 1.00 bits per heavy atom. The van der Waals surface area contributed by atoms with Gasteiger partial charge < -0.3 is 19.3 Å². The number of aromatic nitrogens is 1. The van der Waals surface area contributed by atoms with E-state index in [1.54, 1.807) is 27.7 Å². The highest BCUT2D eigenvalue weighted by molar-refractivity contribution is 7.18. The summed E-state index contributed by atoms with van der Waals surface area (Å²) in [7, 11) is 0. The van der Waals surface area contributed by atoms with E-state index < -0.39 is 17.8 Å². The Morgan fingerprint density at radius 3 is 2.29 bits per heavy atom. The predicted octanol–water partition coefficient (Wildman–Crippen LogP) is 4.63. The van der Waals surface area contributed by atoms with Crippen molar-refractivity contribution in [3.05, 3.63) is 57.7 Å². The first-order valence-electron chi connectivity index (χ1n) is 9.69. The second-order valence-electron chi connectivity index (χ2n) is 6.48.